The van der Waals surface area contributed by atoms with E-state index in [1.54, 1.807) is 0 Å². The lowest BCUT2D eigenvalue weighted by Gasteiger charge is -2.30. The molecule has 3 N–H and O–H groups in total. The van der Waals surface area contributed by atoms with Gasteiger partial charge in [-0.15, -0.1) is 0 Å². The van der Waals surface area contributed by atoms with Crippen LogP contribution in [0, 0.1) is 17.2 Å². The number of carbonyl (C=O) groups excluding carboxylic acids is 1. The van der Waals surface area contributed by atoms with E-state index < -0.39 is 5.82 Å². The van der Waals surface area contributed by atoms with Gasteiger partial charge in [0.15, 0.2) is 0 Å². The third-order valence-corrected chi connectivity index (χ3v) is 3.98. The summed E-state index contributed by atoms with van der Waals surface area (Å²) in [5.74, 6) is -0.152. The van der Waals surface area contributed by atoms with Gasteiger partial charge in [0.05, 0.1) is 10.7 Å². The SMILES string of the molecule is CC(C)(C)C(CCN)CCC(=O)Nc1ccc(F)cc1Cl. The van der Waals surface area contributed by atoms with Gasteiger partial charge in [0.25, 0.3) is 0 Å². The highest BCUT2D eigenvalue weighted by Crippen LogP contribution is 2.32. The number of anilines is 1. The van der Waals surface area contributed by atoms with Crippen molar-refractivity contribution in [1.29, 1.82) is 0 Å². The van der Waals surface area contributed by atoms with Crippen LogP contribution in [0.4, 0.5) is 10.1 Å². The van der Waals surface area contributed by atoms with E-state index in [0.717, 1.165) is 12.8 Å². The van der Waals surface area contributed by atoms with Crippen LogP contribution in [0.15, 0.2) is 18.2 Å². The molecule has 5 heteroatoms. The lowest BCUT2D eigenvalue weighted by molar-refractivity contribution is -0.116. The number of rotatable bonds is 6. The second kappa shape index (κ2) is 7.76. The molecule has 0 aliphatic rings. The first-order valence-corrected chi connectivity index (χ1v) is 7.57. The number of halogens is 2. The summed E-state index contributed by atoms with van der Waals surface area (Å²) < 4.78 is 12.9. The van der Waals surface area contributed by atoms with Crippen molar-refractivity contribution in [2.24, 2.45) is 17.1 Å². The van der Waals surface area contributed by atoms with Crippen LogP contribution in [-0.2, 0) is 4.79 Å². The highest BCUT2D eigenvalue weighted by Gasteiger charge is 2.24. The maximum Gasteiger partial charge on any atom is 0.224 e. The maximum absolute atomic E-state index is 12.9. The normalized spacial score (nSPS) is 13.0. The molecule has 0 bridgehead atoms. The molecule has 0 spiro atoms. The van der Waals surface area contributed by atoms with Gasteiger partial charge in [0.2, 0.25) is 5.91 Å². The monoisotopic (exact) mass is 314 g/mol. The molecule has 118 valence electrons. The summed E-state index contributed by atoms with van der Waals surface area (Å²) in [7, 11) is 0. The van der Waals surface area contributed by atoms with E-state index in [2.05, 4.69) is 26.1 Å². The van der Waals surface area contributed by atoms with Crippen molar-refractivity contribution in [1.82, 2.24) is 0 Å². The fourth-order valence-electron chi connectivity index (χ4n) is 2.32. The van der Waals surface area contributed by atoms with Gasteiger partial charge in [-0.25, -0.2) is 4.39 Å². The van der Waals surface area contributed by atoms with Crippen molar-refractivity contribution in [2.45, 2.75) is 40.0 Å². The first kappa shape index (κ1) is 17.9. The van der Waals surface area contributed by atoms with Gasteiger partial charge < -0.3 is 11.1 Å². The minimum atomic E-state index is -0.422. The molecule has 1 aromatic rings. The van der Waals surface area contributed by atoms with Gasteiger partial charge in [-0.05, 0) is 48.9 Å². The van der Waals surface area contributed by atoms with Crippen molar-refractivity contribution in [3.8, 4) is 0 Å². The number of amides is 1. The van der Waals surface area contributed by atoms with E-state index >= 15 is 0 Å². The number of nitrogens with two attached hydrogens (primary N) is 1. The Kier molecular flexibility index (Phi) is 6.62. The molecule has 0 aromatic heterocycles. The Morgan fingerprint density at radius 3 is 2.57 bits per heavy atom. The zero-order valence-electron chi connectivity index (χ0n) is 12.9. The van der Waals surface area contributed by atoms with Gasteiger partial charge in [0.1, 0.15) is 5.82 Å². The van der Waals surface area contributed by atoms with E-state index in [1.807, 2.05) is 0 Å². The van der Waals surface area contributed by atoms with Crippen molar-refractivity contribution in [2.75, 3.05) is 11.9 Å². The predicted octanol–water partition coefficient (Wildman–Crippen LogP) is 4.21. The number of hydrogen-bond acceptors (Lipinski definition) is 2. The van der Waals surface area contributed by atoms with Crippen molar-refractivity contribution < 1.29 is 9.18 Å². The number of carbonyl (C=O) groups is 1. The van der Waals surface area contributed by atoms with Crippen LogP contribution in [-0.4, -0.2) is 12.5 Å². The maximum atomic E-state index is 12.9. The second-order valence-corrected chi connectivity index (χ2v) is 6.76. The average molecular weight is 315 g/mol. The topological polar surface area (TPSA) is 55.1 Å². The molecule has 0 radical (unpaired) electrons. The summed E-state index contributed by atoms with van der Waals surface area (Å²) in [6.45, 7) is 7.08. The van der Waals surface area contributed by atoms with E-state index in [1.165, 1.54) is 18.2 Å². The first-order chi connectivity index (χ1) is 9.74. The minimum Gasteiger partial charge on any atom is -0.330 e. The Balaban J connectivity index is 2.57. The van der Waals surface area contributed by atoms with Gasteiger partial charge in [-0.2, -0.15) is 0 Å². The molecule has 0 aliphatic carbocycles. The molecule has 1 unspecified atom stereocenters. The Labute approximate surface area is 131 Å². The molecule has 3 nitrogen and oxygen atoms in total. The summed E-state index contributed by atoms with van der Waals surface area (Å²) >= 11 is 5.89. The van der Waals surface area contributed by atoms with E-state index in [-0.39, 0.29) is 16.3 Å². The Morgan fingerprint density at radius 1 is 1.38 bits per heavy atom. The molecule has 1 amide bonds. The van der Waals surface area contributed by atoms with E-state index in [9.17, 15) is 9.18 Å². The van der Waals surface area contributed by atoms with Crippen LogP contribution < -0.4 is 11.1 Å². The van der Waals surface area contributed by atoms with Crippen LogP contribution in [0.5, 0.6) is 0 Å². The van der Waals surface area contributed by atoms with Crippen LogP contribution in [0.25, 0.3) is 0 Å². The molecular weight excluding hydrogens is 291 g/mol. The molecule has 1 rings (SSSR count). The van der Waals surface area contributed by atoms with Crippen molar-refractivity contribution >= 4 is 23.2 Å². The molecule has 21 heavy (non-hydrogen) atoms. The zero-order chi connectivity index (χ0) is 16.0. The van der Waals surface area contributed by atoms with Crippen LogP contribution in [0.3, 0.4) is 0 Å². The highest BCUT2D eigenvalue weighted by molar-refractivity contribution is 6.33. The molecule has 0 fully saturated rings. The standard InChI is InChI=1S/C16H24ClFN2O/c1-16(2,3)11(8-9-19)4-7-15(21)20-14-6-5-12(18)10-13(14)17/h5-6,10-11H,4,7-9,19H2,1-3H3,(H,20,21). The lowest BCUT2D eigenvalue weighted by atomic mass is 9.76. The Bertz CT molecular complexity index is 486. The zero-order valence-corrected chi connectivity index (χ0v) is 13.6. The summed E-state index contributed by atoms with van der Waals surface area (Å²) in [6, 6.07) is 3.92. The van der Waals surface area contributed by atoms with Gasteiger partial charge in [-0.1, -0.05) is 32.4 Å². The molecule has 1 aromatic carbocycles. The van der Waals surface area contributed by atoms with Gasteiger partial charge in [-0.3, -0.25) is 4.79 Å². The minimum absolute atomic E-state index is 0.116. The van der Waals surface area contributed by atoms with Crippen LogP contribution >= 0.6 is 11.6 Å². The molecule has 1 atom stereocenters. The van der Waals surface area contributed by atoms with Crippen LogP contribution in [0.1, 0.15) is 40.0 Å². The van der Waals surface area contributed by atoms with Gasteiger partial charge in [0, 0.05) is 6.42 Å². The summed E-state index contributed by atoms with van der Waals surface area (Å²) in [5.41, 5.74) is 6.19. The molecular formula is C16H24ClFN2O. The quantitative estimate of drug-likeness (QED) is 0.826. The van der Waals surface area contributed by atoms with Crippen molar-refractivity contribution in [3.05, 3.63) is 29.0 Å². The predicted molar refractivity (Wildman–Crippen MR) is 85.9 cm³/mol. The Hall–Kier alpha value is -1.13. The summed E-state index contributed by atoms with van der Waals surface area (Å²) in [4.78, 5) is 12.0. The number of nitrogens with one attached hydrogen (secondary N) is 1. The van der Waals surface area contributed by atoms with Crippen LogP contribution in [0.2, 0.25) is 5.02 Å². The lowest BCUT2D eigenvalue weighted by Crippen LogP contribution is -2.25. The van der Waals surface area contributed by atoms with Crippen molar-refractivity contribution in [3.63, 3.8) is 0 Å². The van der Waals surface area contributed by atoms with E-state index in [0.29, 0.717) is 24.6 Å². The Morgan fingerprint density at radius 2 is 2.05 bits per heavy atom. The molecule has 0 saturated carbocycles. The second-order valence-electron chi connectivity index (χ2n) is 6.35. The van der Waals surface area contributed by atoms with E-state index in [4.69, 9.17) is 17.3 Å². The summed E-state index contributed by atoms with van der Waals surface area (Å²) in [5, 5.41) is 2.92. The smallest absolute Gasteiger partial charge is 0.224 e. The summed E-state index contributed by atoms with van der Waals surface area (Å²) in [6.07, 6.45) is 2.06. The number of hydrogen-bond donors (Lipinski definition) is 2. The third-order valence-electron chi connectivity index (χ3n) is 3.66. The average Bonchev–Trinajstić information content (AvgIpc) is 2.36. The fraction of sp³-hybridized carbons (Fsp3) is 0.562. The van der Waals surface area contributed by atoms with Gasteiger partial charge >= 0.3 is 0 Å². The molecule has 0 aliphatic heterocycles. The third kappa shape index (κ3) is 6.02. The molecule has 0 heterocycles. The fourth-order valence-corrected chi connectivity index (χ4v) is 2.53. The highest BCUT2D eigenvalue weighted by atomic mass is 35.5. The molecule has 0 saturated heterocycles. The largest absolute Gasteiger partial charge is 0.330 e. The number of benzene rings is 1. The first-order valence-electron chi connectivity index (χ1n) is 7.19.